The molecule has 0 radical (unpaired) electrons. The Morgan fingerprint density at radius 2 is 1.69 bits per heavy atom. The Labute approximate surface area is 152 Å². The lowest BCUT2D eigenvalue weighted by Crippen LogP contribution is -2.40. The Kier molecular flexibility index (Phi) is 5.87. The maximum Gasteiger partial charge on any atom is 0.411 e. The quantitative estimate of drug-likeness (QED) is 0.866. The average molecular weight is 376 g/mol. The number of amides is 1. The monoisotopic (exact) mass is 376 g/mol. The summed E-state index contributed by atoms with van der Waals surface area (Å²) in [5.41, 5.74) is 1.35. The number of hydrogen-bond acceptors (Lipinski definition) is 5. The SMILES string of the molecule is O=C(Nc1ccc(S(=O)(=O)N2CCOCC2)cc1)OCc1ccccc1. The molecule has 1 amide bonds. The Morgan fingerprint density at radius 3 is 2.35 bits per heavy atom. The summed E-state index contributed by atoms with van der Waals surface area (Å²) in [4.78, 5) is 12.0. The van der Waals surface area contributed by atoms with Crippen molar-refractivity contribution in [3.63, 3.8) is 0 Å². The number of nitrogens with zero attached hydrogens (tertiary/aromatic N) is 1. The number of hydrogen-bond donors (Lipinski definition) is 1. The van der Waals surface area contributed by atoms with Gasteiger partial charge in [-0.2, -0.15) is 4.31 Å². The fraction of sp³-hybridized carbons (Fsp3) is 0.278. The molecule has 1 fully saturated rings. The molecule has 2 aromatic carbocycles. The number of rotatable bonds is 5. The Morgan fingerprint density at radius 1 is 1.04 bits per heavy atom. The molecule has 7 nitrogen and oxygen atoms in total. The van der Waals surface area contributed by atoms with Crippen LogP contribution in [0.25, 0.3) is 0 Å². The van der Waals surface area contributed by atoms with E-state index in [1.807, 2.05) is 30.3 Å². The Bertz CT molecular complexity index is 832. The van der Waals surface area contributed by atoms with E-state index in [1.54, 1.807) is 0 Å². The standard InChI is InChI=1S/C18H20N2O5S/c21-18(25-14-15-4-2-1-3-5-15)19-16-6-8-17(9-7-16)26(22,23)20-10-12-24-13-11-20/h1-9H,10-14H2,(H,19,21). The molecule has 0 unspecified atom stereocenters. The summed E-state index contributed by atoms with van der Waals surface area (Å²) in [6.07, 6.45) is -0.599. The van der Waals surface area contributed by atoms with E-state index in [0.717, 1.165) is 5.56 Å². The van der Waals surface area contributed by atoms with E-state index in [2.05, 4.69) is 5.32 Å². The molecule has 1 heterocycles. The fourth-order valence-corrected chi connectivity index (χ4v) is 3.93. The van der Waals surface area contributed by atoms with Crippen molar-refractivity contribution >= 4 is 21.8 Å². The molecule has 0 saturated carbocycles. The van der Waals surface area contributed by atoms with Gasteiger partial charge in [0.2, 0.25) is 10.0 Å². The van der Waals surface area contributed by atoms with Crippen molar-refractivity contribution in [2.75, 3.05) is 31.6 Å². The van der Waals surface area contributed by atoms with Crippen LogP contribution in [-0.2, 0) is 26.1 Å². The van der Waals surface area contributed by atoms with Crippen LogP contribution in [-0.4, -0.2) is 45.1 Å². The number of carbonyl (C=O) groups excluding carboxylic acids is 1. The molecule has 1 saturated heterocycles. The third-order valence-corrected chi connectivity index (χ3v) is 5.83. The summed E-state index contributed by atoms with van der Waals surface area (Å²) in [5.74, 6) is 0. The molecule has 0 aliphatic carbocycles. The second kappa shape index (κ2) is 8.31. The number of benzene rings is 2. The molecule has 8 heteroatoms. The van der Waals surface area contributed by atoms with Gasteiger partial charge in [0.05, 0.1) is 18.1 Å². The lowest BCUT2D eigenvalue weighted by Gasteiger charge is -2.26. The number of anilines is 1. The van der Waals surface area contributed by atoms with E-state index in [0.29, 0.717) is 32.0 Å². The zero-order chi connectivity index (χ0) is 18.4. The minimum Gasteiger partial charge on any atom is -0.444 e. The highest BCUT2D eigenvalue weighted by atomic mass is 32.2. The molecular weight excluding hydrogens is 356 g/mol. The van der Waals surface area contributed by atoms with Crippen LogP contribution in [0.5, 0.6) is 0 Å². The molecule has 2 aromatic rings. The molecule has 1 aliphatic heterocycles. The minimum absolute atomic E-state index is 0.163. The van der Waals surface area contributed by atoms with E-state index < -0.39 is 16.1 Å². The van der Waals surface area contributed by atoms with Crippen molar-refractivity contribution in [1.29, 1.82) is 0 Å². The van der Waals surface area contributed by atoms with Crippen LogP contribution in [0.3, 0.4) is 0 Å². The molecule has 138 valence electrons. The van der Waals surface area contributed by atoms with Gasteiger partial charge in [0.1, 0.15) is 6.61 Å². The van der Waals surface area contributed by atoms with Crippen LogP contribution in [0.1, 0.15) is 5.56 Å². The summed E-state index contributed by atoms with van der Waals surface area (Å²) in [5, 5.41) is 2.58. The highest BCUT2D eigenvalue weighted by Gasteiger charge is 2.26. The Balaban J connectivity index is 1.58. The van der Waals surface area contributed by atoms with Gasteiger partial charge < -0.3 is 9.47 Å². The molecular formula is C18H20N2O5S. The number of ether oxygens (including phenoxy) is 2. The normalized spacial score (nSPS) is 15.4. The van der Waals surface area contributed by atoms with E-state index in [4.69, 9.17) is 9.47 Å². The van der Waals surface area contributed by atoms with Crippen molar-refractivity contribution in [3.05, 3.63) is 60.2 Å². The largest absolute Gasteiger partial charge is 0.444 e. The van der Waals surface area contributed by atoms with Gasteiger partial charge in [-0.25, -0.2) is 13.2 Å². The first-order chi connectivity index (χ1) is 12.6. The van der Waals surface area contributed by atoms with E-state index in [1.165, 1.54) is 28.6 Å². The van der Waals surface area contributed by atoms with Crippen LogP contribution in [0, 0.1) is 0 Å². The number of carbonyl (C=O) groups is 1. The average Bonchev–Trinajstić information content (AvgIpc) is 2.68. The highest BCUT2D eigenvalue weighted by molar-refractivity contribution is 7.89. The second-order valence-electron chi connectivity index (χ2n) is 5.73. The lowest BCUT2D eigenvalue weighted by atomic mass is 10.2. The van der Waals surface area contributed by atoms with Crippen LogP contribution in [0.15, 0.2) is 59.5 Å². The molecule has 3 rings (SSSR count). The first-order valence-electron chi connectivity index (χ1n) is 8.21. The number of sulfonamides is 1. The second-order valence-corrected chi connectivity index (χ2v) is 7.67. The van der Waals surface area contributed by atoms with Gasteiger partial charge in [0, 0.05) is 18.8 Å². The van der Waals surface area contributed by atoms with Crippen LogP contribution in [0.4, 0.5) is 10.5 Å². The van der Waals surface area contributed by atoms with Gasteiger partial charge >= 0.3 is 6.09 Å². The van der Waals surface area contributed by atoms with Gasteiger partial charge in [0.15, 0.2) is 0 Å². The summed E-state index contributed by atoms with van der Waals surface area (Å²) >= 11 is 0. The van der Waals surface area contributed by atoms with Crippen molar-refractivity contribution < 1.29 is 22.7 Å². The molecule has 26 heavy (non-hydrogen) atoms. The van der Waals surface area contributed by atoms with E-state index in [9.17, 15) is 13.2 Å². The zero-order valence-electron chi connectivity index (χ0n) is 14.1. The first-order valence-corrected chi connectivity index (χ1v) is 9.65. The maximum atomic E-state index is 12.5. The highest BCUT2D eigenvalue weighted by Crippen LogP contribution is 2.19. The summed E-state index contributed by atoms with van der Waals surface area (Å²) < 4.78 is 36.8. The first kappa shape index (κ1) is 18.4. The summed E-state index contributed by atoms with van der Waals surface area (Å²) in [7, 11) is -3.54. The van der Waals surface area contributed by atoms with Gasteiger partial charge in [0.25, 0.3) is 0 Å². The molecule has 1 N–H and O–H groups in total. The van der Waals surface area contributed by atoms with E-state index in [-0.39, 0.29) is 11.5 Å². The molecule has 0 aromatic heterocycles. The van der Waals surface area contributed by atoms with Crippen molar-refractivity contribution in [1.82, 2.24) is 4.31 Å². The van der Waals surface area contributed by atoms with Crippen LogP contribution in [0.2, 0.25) is 0 Å². The van der Waals surface area contributed by atoms with Crippen molar-refractivity contribution in [2.45, 2.75) is 11.5 Å². The summed E-state index contributed by atoms with van der Waals surface area (Å²) in [6.45, 7) is 1.64. The third kappa shape index (κ3) is 4.60. The van der Waals surface area contributed by atoms with Crippen LogP contribution >= 0.6 is 0 Å². The number of morpholine rings is 1. The predicted molar refractivity (Wildman–Crippen MR) is 96.3 cm³/mol. The number of nitrogens with one attached hydrogen (secondary N) is 1. The molecule has 0 bridgehead atoms. The summed E-state index contributed by atoms with van der Waals surface area (Å²) in [6, 6.07) is 15.4. The van der Waals surface area contributed by atoms with Gasteiger partial charge in [-0.3, -0.25) is 5.32 Å². The van der Waals surface area contributed by atoms with Crippen molar-refractivity contribution in [3.8, 4) is 0 Å². The molecule has 0 spiro atoms. The maximum absolute atomic E-state index is 12.5. The van der Waals surface area contributed by atoms with E-state index >= 15 is 0 Å². The smallest absolute Gasteiger partial charge is 0.411 e. The van der Waals surface area contributed by atoms with Gasteiger partial charge in [-0.15, -0.1) is 0 Å². The minimum atomic E-state index is -3.54. The predicted octanol–water partition coefficient (Wildman–Crippen LogP) is 2.46. The molecule has 0 atom stereocenters. The molecule has 1 aliphatic rings. The Hall–Kier alpha value is -2.42. The zero-order valence-corrected chi connectivity index (χ0v) is 14.9. The third-order valence-electron chi connectivity index (χ3n) is 3.92. The topological polar surface area (TPSA) is 84.9 Å². The van der Waals surface area contributed by atoms with Gasteiger partial charge in [-0.05, 0) is 29.8 Å². The van der Waals surface area contributed by atoms with Gasteiger partial charge in [-0.1, -0.05) is 30.3 Å². The fourth-order valence-electron chi connectivity index (χ4n) is 2.52. The van der Waals surface area contributed by atoms with Crippen molar-refractivity contribution in [2.24, 2.45) is 0 Å². The van der Waals surface area contributed by atoms with Crippen LogP contribution < -0.4 is 5.32 Å². The lowest BCUT2D eigenvalue weighted by molar-refractivity contribution is 0.0730.